The zero-order valence-electron chi connectivity index (χ0n) is 14.0. The maximum absolute atomic E-state index is 13.1. The predicted molar refractivity (Wildman–Crippen MR) is 93.8 cm³/mol. The minimum absolute atomic E-state index is 0.150. The van der Waals surface area contributed by atoms with Gasteiger partial charge in [0.15, 0.2) is 12.3 Å². The van der Waals surface area contributed by atoms with Crippen molar-refractivity contribution in [2.75, 3.05) is 11.9 Å². The van der Waals surface area contributed by atoms with E-state index in [0.717, 1.165) is 10.6 Å². The van der Waals surface area contributed by atoms with Crippen molar-refractivity contribution in [1.29, 1.82) is 0 Å². The molecule has 0 saturated carbocycles. The van der Waals surface area contributed by atoms with E-state index in [4.69, 9.17) is 16.3 Å². The van der Waals surface area contributed by atoms with Crippen molar-refractivity contribution in [3.05, 3.63) is 51.9 Å². The molecule has 1 amide bonds. The van der Waals surface area contributed by atoms with E-state index in [1.165, 1.54) is 29.3 Å². The molecule has 0 atom stereocenters. The first-order chi connectivity index (χ1) is 12.8. The van der Waals surface area contributed by atoms with Gasteiger partial charge in [-0.1, -0.05) is 11.6 Å². The van der Waals surface area contributed by atoms with Gasteiger partial charge in [-0.25, -0.2) is 9.37 Å². The molecule has 2 heterocycles. The van der Waals surface area contributed by atoms with Gasteiger partial charge >= 0.3 is 5.97 Å². The van der Waals surface area contributed by atoms with Crippen LogP contribution in [0.3, 0.4) is 0 Å². The molecule has 1 aromatic carbocycles. The lowest BCUT2D eigenvalue weighted by molar-refractivity contribution is -0.147. The zero-order chi connectivity index (χ0) is 19.6. The fraction of sp³-hybridized carbons (Fsp3) is 0.188. The van der Waals surface area contributed by atoms with Crippen LogP contribution in [0.25, 0.3) is 11.0 Å². The molecule has 0 aliphatic heterocycles. The summed E-state index contributed by atoms with van der Waals surface area (Å²) >= 11 is 5.62. The van der Waals surface area contributed by atoms with Crippen LogP contribution in [-0.2, 0) is 27.9 Å². The first-order valence-electron chi connectivity index (χ1n) is 7.63. The van der Waals surface area contributed by atoms with Crippen molar-refractivity contribution < 1.29 is 18.7 Å². The van der Waals surface area contributed by atoms with Gasteiger partial charge in [0, 0.05) is 12.7 Å². The number of hydrogen-bond acceptors (Lipinski definition) is 6. The number of nitrogens with zero attached hydrogens (tertiary/aromatic N) is 4. The quantitative estimate of drug-likeness (QED) is 0.650. The van der Waals surface area contributed by atoms with Gasteiger partial charge in [0.1, 0.15) is 24.1 Å². The van der Waals surface area contributed by atoms with Gasteiger partial charge in [-0.2, -0.15) is 5.10 Å². The molecule has 2 aromatic heterocycles. The van der Waals surface area contributed by atoms with Crippen LogP contribution in [-0.4, -0.2) is 37.8 Å². The average Bonchev–Trinajstić information content (AvgIpc) is 3.01. The fourth-order valence-corrected chi connectivity index (χ4v) is 2.46. The van der Waals surface area contributed by atoms with E-state index >= 15 is 0 Å². The van der Waals surface area contributed by atoms with Crippen LogP contribution in [0.1, 0.15) is 0 Å². The van der Waals surface area contributed by atoms with E-state index in [9.17, 15) is 18.8 Å². The number of aryl methyl sites for hydroxylation is 1. The third kappa shape index (κ3) is 4.11. The van der Waals surface area contributed by atoms with Gasteiger partial charge in [-0.05, 0) is 18.2 Å². The van der Waals surface area contributed by atoms with Crippen molar-refractivity contribution >= 4 is 40.2 Å². The summed E-state index contributed by atoms with van der Waals surface area (Å²) in [4.78, 5) is 40.0. The minimum atomic E-state index is -0.797. The number of ether oxygens (including phenoxy) is 1. The predicted octanol–water partition coefficient (Wildman–Crippen LogP) is 1.10. The van der Waals surface area contributed by atoms with Crippen LogP contribution < -0.4 is 10.9 Å². The van der Waals surface area contributed by atoms with Gasteiger partial charge in [0.05, 0.1) is 11.2 Å². The number of anilines is 1. The van der Waals surface area contributed by atoms with E-state index in [1.807, 2.05) is 0 Å². The van der Waals surface area contributed by atoms with E-state index in [1.54, 1.807) is 7.05 Å². The molecule has 140 valence electrons. The van der Waals surface area contributed by atoms with Gasteiger partial charge < -0.3 is 10.1 Å². The lowest BCUT2D eigenvalue weighted by atomic mass is 10.3. The molecule has 0 aliphatic rings. The molecule has 3 rings (SSSR count). The number of benzene rings is 1. The molecular formula is C16H13ClFN5O4. The van der Waals surface area contributed by atoms with Crippen molar-refractivity contribution in [1.82, 2.24) is 19.3 Å². The summed E-state index contributed by atoms with van der Waals surface area (Å²) in [5.41, 5.74) is 0.197. The maximum Gasteiger partial charge on any atom is 0.326 e. The van der Waals surface area contributed by atoms with Gasteiger partial charge in [-0.15, -0.1) is 0 Å². The largest absolute Gasteiger partial charge is 0.454 e. The normalized spacial score (nSPS) is 10.8. The standard InChI is InChI=1S/C16H13ClFN5O4/c1-22-15-10(5-20-22)16(26)23(8-19-15)6-14(25)27-7-13(24)21-9-2-3-12(18)11(17)4-9/h2-5,8H,6-7H2,1H3,(H,21,24). The summed E-state index contributed by atoms with van der Waals surface area (Å²) in [6, 6.07) is 3.64. The van der Waals surface area contributed by atoms with Crippen molar-refractivity contribution in [3.63, 3.8) is 0 Å². The molecule has 0 aliphatic carbocycles. The number of carbonyl (C=O) groups excluding carboxylic acids is 2. The molecule has 11 heteroatoms. The molecule has 0 unspecified atom stereocenters. The molecule has 1 N–H and O–H groups in total. The Morgan fingerprint density at radius 3 is 2.89 bits per heavy atom. The van der Waals surface area contributed by atoms with E-state index in [-0.39, 0.29) is 16.1 Å². The SMILES string of the molecule is Cn1ncc2c(=O)n(CC(=O)OCC(=O)Nc3ccc(F)c(Cl)c3)cnc21. The first kappa shape index (κ1) is 18.5. The molecule has 3 aromatic rings. The first-order valence-corrected chi connectivity index (χ1v) is 8.00. The lowest BCUT2D eigenvalue weighted by Crippen LogP contribution is -2.28. The summed E-state index contributed by atoms with van der Waals surface area (Å²) in [6.07, 6.45) is 2.56. The molecule has 0 radical (unpaired) electrons. The molecule has 0 spiro atoms. The summed E-state index contributed by atoms with van der Waals surface area (Å²) in [5, 5.41) is 6.45. The third-order valence-electron chi connectivity index (χ3n) is 3.59. The second-order valence-electron chi connectivity index (χ2n) is 5.52. The number of rotatable bonds is 5. The average molecular weight is 394 g/mol. The Labute approximate surface area is 156 Å². The Hall–Kier alpha value is -3.27. The van der Waals surface area contributed by atoms with Gasteiger partial charge in [0.25, 0.3) is 11.5 Å². The summed E-state index contributed by atoms with van der Waals surface area (Å²) in [6.45, 7) is -0.989. The Morgan fingerprint density at radius 1 is 1.37 bits per heavy atom. The van der Waals surface area contributed by atoms with Crippen LogP contribution in [0.5, 0.6) is 0 Å². The number of amides is 1. The second-order valence-corrected chi connectivity index (χ2v) is 5.93. The molecule has 9 nitrogen and oxygen atoms in total. The highest BCUT2D eigenvalue weighted by Gasteiger charge is 2.13. The molecule has 0 fully saturated rings. The smallest absolute Gasteiger partial charge is 0.326 e. The monoisotopic (exact) mass is 393 g/mol. The summed E-state index contributed by atoms with van der Waals surface area (Å²) in [5.74, 6) is -2.06. The highest BCUT2D eigenvalue weighted by atomic mass is 35.5. The third-order valence-corrected chi connectivity index (χ3v) is 3.87. The Balaban J connectivity index is 1.58. The van der Waals surface area contributed by atoms with Gasteiger partial charge in [-0.3, -0.25) is 23.6 Å². The highest BCUT2D eigenvalue weighted by Crippen LogP contribution is 2.19. The zero-order valence-corrected chi connectivity index (χ0v) is 14.7. The number of carbonyl (C=O) groups is 2. The van der Waals surface area contributed by atoms with E-state index < -0.39 is 36.4 Å². The number of fused-ring (bicyclic) bond motifs is 1. The molecule has 0 bridgehead atoms. The number of hydrogen-bond donors (Lipinski definition) is 1. The van der Waals surface area contributed by atoms with Crippen molar-refractivity contribution in [2.45, 2.75) is 6.54 Å². The van der Waals surface area contributed by atoms with E-state index in [0.29, 0.717) is 5.65 Å². The van der Waals surface area contributed by atoms with Crippen LogP contribution in [0.2, 0.25) is 5.02 Å². The minimum Gasteiger partial charge on any atom is -0.454 e. The summed E-state index contributed by atoms with van der Waals surface area (Å²) < 4.78 is 20.4. The molecular weight excluding hydrogens is 381 g/mol. The van der Waals surface area contributed by atoms with Crippen LogP contribution in [0.4, 0.5) is 10.1 Å². The molecule has 0 saturated heterocycles. The fourth-order valence-electron chi connectivity index (χ4n) is 2.28. The lowest BCUT2D eigenvalue weighted by Gasteiger charge is -2.08. The number of aromatic nitrogens is 4. The van der Waals surface area contributed by atoms with Crippen LogP contribution >= 0.6 is 11.6 Å². The summed E-state index contributed by atoms with van der Waals surface area (Å²) in [7, 11) is 1.64. The van der Waals surface area contributed by atoms with Crippen molar-refractivity contribution in [2.24, 2.45) is 7.05 Å². The van der Waals surface area contributed by atoms with Crippen LogP contribution in [0, 0.1) is 5.82 Å². The van der Waals surface area contributed by atoms with E-state index in [2.05, 4.69) is 15.4 Å². The topological polar surface area (TPSA) is 108 Å². The van der Waals surface area contributed by atoms with Gasteiger partial charge in [0.2, 0.25) is 0 Å². The number of halogens is 2. The highest BCUT2D eigenvalue weighted by molar-refractivity contribution is 6.31. The van der Waals surface area contributed by atoms with Crippen molar-refractivity contribution in [3.8, 4) is 0 Å². The second kappa shape index (κ2) is 7.54. The van der Waals surface area contributed by atoms with Crippen LogP contribution in [0.15, 0.2) is 35.5 Å². The number of nitrogens with one attached hydrogen (secondary N) is 1. The Bertz CT molecular complexity index is 1090. The number of esters is 1. The molecule has 27 heavy (non-hydrogen) atoms. The Morgan fingerprint density at radius 2 is 2.15 bits per heavy atom. The maximum atomic E-state index is 13.1. The Kier molecular flexibility index (Phi) is 5.17.